The van der Waals surface area contributed by atoms with Crippen LogP contribution < -0.4 is 0 Å². The van der Waals surface area contributed by atoms with Crippen molar-refractivity contribution in [3.8, 4) is 0 Å². The SMILES string of the molecule is CSc1cccc2[nH]c(C3CC3)c(CC3=[N+](C)CCC3)c12. The van der Waals surface area contributed by atoms with Crippen LogP contribution in [0.3, 0.4) is 0 Å². The average Bonchev–Trinajstić information content (AvgIpc) is 3.17. The minimum absolute atomic E-state index is 0.786. The number of nitrogens with zero attached hydrogens (tertiary/aromatic N) is 1. The number of aromatic nitrogens is 1. The van der Waals surface area contributed by atoms with Crippen molar-refractivity contribution < 1.29 is 4.58 Å². The van der Waals surface area contributed by atoms with Gasteiger partial charge in [-0.25, -0.2) is 4.58 Å². The lowest BCUT2D eigenvalue weighted by Crippen LogP contribution is -2.13. The number of thioether (sulfide) groups is 1. The first kappa shape index (κ1) is 13.4. The van der Waals surface area contributed by atoms with E-state index in [1.807, 2.05) is 11.8 Å². The van der Waals surface area contributed by atoms with Crippen LogP contribution >= 0.6 is 11.8 Å². The molecule has 0 unspecified atom stereocenters. The topological polar surface area (TPSA) is 18.8 Å². The number of hydrogen-bond donors (Lipinski definition) is 1. The highest BCUT2D eigenvalue weighted by Gasteiger charge is 2.31. The summed E-state index contributed by atoms with van der Waals surface area (Å²) in [6, 6.07) is 6.69. The molecule has 1 aliphatic heterocycles. The van der Waals surface area contributed by atoms with Gasteiger partial charge in [0.15, 0.2) is 5.71 Å². The molecule has 0 bridgehead atoms. The molecule has 2 aromatic rings. The number of rotatable bonds is 4. The van der Waals surface area contributed by atoms with E-state index in [1.54, 1.807) is 11.3 Å². The minimum atomic E-state index is 0.786. The number of H-pyrrole nitrogens is 1. The molecule has 2 nitrogen and oxygen atoms in total. The van der Waals surface area contributed by atoms with Gasteiger partial charge in [-0.15, -0.1) is 11.8 Å². The molecule has 1 saturated carbocycles. The molecule has 21 heavy (non-hydrogen) atoms. The Morgan fingerprint density at radius 1 is 1.33 bits per heavy atom. The molecule has 0 amide bonds. The molecule has 1 fully saturated rings. The predicted molar refractivity (Wildman–Crippen MR) is 91.1 cm³/mol. The lowest BCUT2D eigenvalue weighted by Gasteiger charge is -2.05. The van der Waals surface area contributed by atoms with Gasteiger partial charge in [-0.1, -0.05) is 6.07 Å². The molecule has 0 atom stereocenters. The highest BCUT2D eigenvalue weighted by Crippen LogP contribution is 2.45. The van der Waals surface area contributed by atoms with Crippen molar-refractivity contribution in [3.05, 3.63) is 29.5 Å². The van der Waals surface area contributed by atoms with Gasteiger partial charge in [0.1, 0.15) is 13.6 Å². The molecule has 1 aromatic carbocycles. The molecule has 1 aliphatic carbocycles. The Morgan fingerprint density at radius 2 is 2.19 bits per heavy atom. The van der Waals surface area contributed by atoms with Crippen LogP contribution in [0.1, 0.15) is 42.9 Å². The van der Waals surface area contributed by atoms with E-state index >= 15 is 0 Å². The molecular formula is C18H23N2S+. The van der Waals surface area contributed by atoms with Crippen LogP contribution in [0, 0.1) is 0 Å². The Balaban J connectivity index is 1.87. The maximum atomic E-state index is 3.74. The van der Waals surface area contributed by atoms with Crippen molar-refractivity contribution in [2.24, 2.45) is 0 Å². The van der Waals surface area contributed by atoms with Crippen molar-refractivity contribution in [3.63, 3.8) is 0 Å². The maximum Gasteiger partial charge on any atom is 0.156 e. The third kappa shape index (κ3) is 2.32. The molecule has 0 spiro atoms. The van der Waals surface area contributed by atoms with Crippen LogP contribution in [0.5, 0.6) is 0 Å². The fourth-order valence-corrected chi connectivity index (χ4v) is 4.32. The summed E-state index contributed by atoms with van der Waals surface area (Å²) in [5.41, 5.74) is 6.06. The zero-order valence-corrected chi connectivity index (χ0v) is 13.7. The van der Waals surface area contributed by atoms with Crippen molar-refractivity contribution in [1.29, 1.82) is 0 Å². The monoisotopic (exact) mass is 299 g/mol. The summed E-state index contributed by atoms with van der Waals surface area (Å²) in [4.78, 5) is 5.17. The second-order valence-electron chi connectivity index (χ2n) is 6.44. The molecule has 1 aromatic heterocycles. The smallest absolute Gasteiger partial charge is 0.156 e. The van der Waals surface area contributed by atoms with E-state index in [-0.39, 0.29) is 0 Å². The minimum Gasteiger partial charge on any atom is -0.358 e. The number of fused-ring (bicyclic) bond motifs is 1. The predicted octanol–water partition coefficient (Wildman–Crippen LogP) is 4.19. The van der Waals surface area contributed by atoms with Gasteiger partial charge in [0, 0.05) is 34.3 Å². The standard InChI is InChI=1S/C18H23N2S/c1-20-10-4-5-13(20)11-14-17-15(6-3-7-16(17)21-2)19-18(14)12-8-9-12/h3,6-7,12,19H,4-5,8-11H2,1-2H3/q+1. The van der Waals surface area contributed by atoms with Crippen LogP contribution in [0.4, 0.5) is 0 Å². The van der Waals surface area contributed by atoms with Gasteiger partial charge in [-0.05, 0) is 42.7 Å². The molecule has 3 heteroatoms. The number of aromatic amines is 1. The van der Waals surface area contributed by atoms with Gasteiger partial charge < -0.3 is 4.98 Å². The van der Waals surface area contributed by atoms with Crippen LogP contribution in [0.15, 0.2) is 23.1 Å². The van der Waals surface area contributed by atoms with Crippen molar-refractivity contribution in [2.45, 2.75) is 42.9 Å². The molecule has 0 saturated heterocycles. The third-order valence-electron chi connectivity index (χ3n) is 5.01. The summed E-state index contributed by atoms with van der Waals surface area (Å²) < 4.78 is 2.47. The van der Waals surface area contributed by atoms with E-state index in [0.29, 0.717) is 0 Å². The lowest BCUT2D eigenvalue weighted by atomic mass is 10.0. The van der Waals surface area contributed by atoms with Gasteiger partial charge in [0.05, 0.1) is 6.42 Å². The van der Waals surface area contributed by atoms with Crippen LogP contribution in [-0.2, 0) is 6.42 Å². The molecule has 1 N–H and O–H groups in total. The molecule has 2 heterocycles. The first-order valence-electron chi connectivity index (χ1n) is 8.01. The van der Waals surface area contributed by atoms with Crippen molar-refractivity contribution >= 4 is 28.4 Å². The van der Waals surface area contributed by atoms with Crippen molar-refractivity contribution in [2.75, 3.05) is 19.8 Å². The van der Waals surface area contributed by atoms with E-state index in [9.17, 15) is 0 Å². The number of hydrogen-bond acceptors (Lipinski definition) is 1. The normalized spacial score (nSPS) is 19.0. The Morgan fingerprint density at radius 3 is 2.86 bits per heavy atom. The number of benzene rings is 1. The van der Waals surface area contributed by atoms with Crippen molar-refractivity contribution in [1.82, 2.24) is 4.98 Å². The lowest BCUT2D eigenvalue weighted by molar-refractivity contribution is -0.489. The Labute approximate surface area is 130 Å². The maximum absolute atomic E-state index is 3.74. The highest BCUT2D eigenvalue weighted by atomic mass is 32.2. The second-order valence-corrected chi connectivity index (χ2v) is 7.29. The van der Waals surface area contributed by atoms with E-state index in [1.165, 1.54) is 53.7 Å². The summed E-state index contributed by atoms with van der Waals surface area (Å²) in [7, 11) is 2.25. The Kier molecular flexibility index (Phi) is 3.33. The zero-order chi connectivity index (χ0) is 14.4. The van der Waals surface area contributed by atoms with Gasteiger partial charge in [-0.2, -0.15) is 0 Å². The zero-order valence-electron chi connectivity index (χ0n) is 12.9. The Bertz CT molecular complexity index is 722. The van der Waals surface area contributed by atoms with E-state index in [4.69, 9.17) is 0 Å². The van der Waals surface area contributed by atoms with Gasteiger partial charge in [0.2, 0.25) is 0 Å². The quantitative estimate of drug-likeness (QED) is 0.662. The second kappa shape index (κ2) is 5.20. The molecule has 110 valence electrons. The highest BCUT2D eigenvalue weighted by molar-refractivity contribution is 7.98. The van der Waals surface area contributed by atoms with Crippen LogP contribution in [0.25, 0.3) is 10.9 Å². The Hall–Kier alpha value is -1.22. The van der Waals surface area contributed by atoms with Gasteiger partial charge in [0.25, 0.3) is 0 Å². The average molecular weight is 299 g/mol. The largest absolute Gasteiger partial charge is 0.358 e. The summed E-state index contributed by atoms with van der Waals surface area (Å²) in [6.45, 7) is 1.23. The van der Waals surface area contributed by atoms with Crippen LogP contribution in [0.2, 0.25) is 0 Å². The summed E-state index contributed by atoms with van der Waals surface area (Å²) >= 11 is 1.87. The first-order chi connectivity index (χ1) is 10.3. The van der Waals surface area contributed by atoms with Gasteiger partial charge in [-0.3, -0.25) is 0 Å². The molecule has 2 aliphatic rings. The van der Waals surface area contributed by atoms with E-state index in [0.717, 1.165) is 12.3 Å². The first-order valence-corrected chi connectivity index (χ1v) is 9.23. The third-order valence-corrected chi connectivity index (χ3v) is 5.79. The van der Waals surface area contributed by atoms with Crippen LogP contribution in [-0.4, -0.2) is 35.1 Å². The summed E-state index contributed by atoms with van der Waals surface area (Å²) in [5.74, 6) is 0.786. The van der Waals surface area contributed by atoms with E-state index < -0.39 is 0 Å². The molecule has 0 radical (unpaired) electrons. The summed E-state index contributed by atoms with van der Waals surface area (Å²) in [5, 5.41) is 1.49. The number of nitrogens with one attached hydrogen (secondary N) is 1. The molecule has 4 rings (SSSR count). The fourth-order valence-electron chi connectivity index (χ4n) is 3.67. The summed E-state index contributed by atoms with van der Waals surface area (Å²) in [6.07, 6.45) is 8.65. The molecular weight excluding hydrogens is 276 g/mol. The van der Waals surface area contributed by atoms with E-state index in [2.05, 4.69) is 41.1 Å². The fraction of sp³-hybridized carbons (Fsp3) is 0.500. The van der Waals surface area contributed by atoms with Gasteiger partial charge >= 0.3 is 0 Å².